The Hall–Kier alpha value is -4.14. The number of para-hydroxylation sites is 1. The summed E-state index contributed by atoms with van der Waals surface area (Å²) in [5, 5.41) is 10.5. The van der Waals surface area contributed by atoms with Crippen LogP contribution < -0.4 is 0 Å². The van der Waals surface area contributed by atoms with Crippen LogP contribution in [0.15, 0.2) is 109 Å². The molecule has 8 aromatic rings. The maximum Gasteiger partial charge on any atom is 0.0551 e. The number of hydrogen-bond donors (Lipinski definition) is 1. The average Bonchev–Trinajstić information content (AvgIpc) is 3.47. The van der Waals surface area contributed by atoms with E-state index in [-0.39, 0.29) is 0 Å². The number of aromatic nitrogens is 1. The maximum absolute atomic E-state index is 3.74. The van der Waals surface area contributed by atoms with Crippen LogP contribution in [0.1, 0.15) is 0 Å². The Balaban J connectivity index is 1.58. The zero-order valence-corrected chi connectivity index (χ0v) is 19.1. The van der Waals surface area contributed by atoms with Crippen LogP contribution in [0.5, 0.6) is 0 Å². The first-order valence-corrected chi connectivity index (χ1v) is 12.4. The molecular weight excluding hydrogens is 430 g/mol. The van der Waals surface area contributed by atoms with Crippen molar-refractivity contribution in [2.75, 3.05) is 0 Å². The molecule has 158 valence electrons. The van der Waals surface area contributed by atoms with E-state index in [1.54, 1.807) is 0 Å². The van der Waals surface area contributed by atoms with E-state index in [1.165, 1.54) is 74.6 Å². The summed E-state index contributed by atoms with van der Waals surface area (Å²) >= 11 is 1.91. The van der Waals surface area contributed by atoms with Crippen molar-refractivity contribution in [1.29, 1.82) is 0 Å². The van der Waals surface area contributed by atoms with Crippen molar-refractivity contribution in [3.8, 4) is 11.1 Å². The molecule has 0 aliphatic carbocycles. The second-order valence-electron chi connectivity index (χ2n) is 9.01. The highest BCUT2D eigenvalue weighted by molar-refractivity contribution is 7.27. The Bertz CT molecular complexity index is 2070. The first kappa shape index (κ1) is 18.3. The second kappa shape index (κ2) is 6.69. The predicted octanol–water partition coefficient (Wildman–Crippen LogP) is 9.66. The van der Waals surface area contributed by atoms with Crippen molar-refractivity contribution in [2.45, 2.75) is 0 Å². The van der Waals surface area contributed by atoms with Gasteiger partial charge in [0.05, 0.1) is 5.52 Å². The lowest BCUT2D eigenvalue weighted by molar-refractivity contribution is 1.57. The number of aromatic amines is 1. The molecule has 2 heterocycles. The molecule has 0 fully saturated rings. The molecule has 0 amide bonds. The average molecular weight is 450 g/mol. The molecule has 0 aliphatic heterocycles. The Kier molecular flexibility index (Phi) is 3.60. The van der Waals surface area contributed by atoms with Crippen LogP contribution in [-0.2, 0) is 0 Å². The van der Waals surface area contributed by atoms with Gasteiger partial charge in [-0.1, -0.05) is 91.0 Å². The normalized spacial score (nSPS) is 12.1. The van der Waals surface area contributed by atoms with Crippen molar-refractivity contribution in [2.24, 2.45) is 0 Å². The van der Waals surface area contributed by atoms with E-state index in [9.17, 15) is 0 Å². The first-order valence-electron chi connectivity index (χ1n) is 11.6. The molecule has 0 bridgehead atoms. The minimum absolute atomic E-state index is 1.19. The summed E-state index contributed by atoms with van der Waals surface area (Å²) in [5.74, 6) is 0. The van der Waals surface area contributed by atoms with E-state index in [4.69, 9.17) is 0 Å². The van der Waals surface area contributed by atoms with Crippen LogP contribution in [0.3, 0.4) is 0 Å². The van der Waals surface area contributed by atoms with Crippen LogP contribution in [-0.4, -0.2) is 4.98 Å². The monoisotopic (exact) mass is 449 g/mol. The van der Waals surface area contributed by atoms with Crippen molar-refractivity contribution in [3.63, 3.8) is 0 Å². The lowest BCUT2D eigenvalue weighted by atomic mass is 9.95. The molecule has 1 nitrogen and oxygen atoms in total. The molecule has 0 aliphatic rings. The van der Waals surface area contributed by atoms with Crippen LogP contribution in [0.2, 0.25) is 0 Å². The molecule has 0 atom stereocenters. The summed E-state index contributed by atoms with van der Waals surface area (Å²) in [6.07, 6.45) is 0. The van der Waals surface area contributed by atoms with Gasteiger partial charge in [-0.25, -0.2) is 0 Å². The Morgan fingerprint density at radius 1 is 0.529 bits per heavy atom. The summed E-state index contributed by atoms with van der Waals surface area (Å²) in [6.45, 7) is 0. The SMILES string of the molecule is c1ccc2c(-c3ccc4sc5c6ccccc6c6[nH]c7ccccc7c6c5c4c3)cccc2c1. The molecule has 2 aromatic heterocycles. The van der Waals surface area contributed by atoms with Crippen molar-refractivity contribution in [3.05, 3.63) is 109 Å². The van der Waals surface area contributed by atoms with E-state index in [0.29, 0.717) is 0 Å². The number of fused-ring (bicyclic) bond motifs is 11. The third-order valence-corrected chi connectivity index (χ3v) is 8.39. The fourth-order valence-corrected chi connectivity index (χ4v) is 6.91. The smallest absolute Gasteiger partial charge is 0.0551 e. The van der Waals surface area contributed by atoms with Gasteiger partial charge >= 0.3 is 0 Å². The minimum Gasteiger partial charge on any atom is -0.354 e. The summed E-state index contributed by atoms with van der Waals surface area (Å²) in [6, 6.07) is 39.8. The van der Waals surface area contributed by atoms with Gasteiger partial charge in [-0.05, 0) is 40.1 Å². The Morgan fingerprint density at radius 3 is 2.18 bits per heavy atom. The molecule has 2 heteroatoms. The highest BCUT2D eigenvalue weighted by Crippen LogP contribution is 2.47. The van der Waals surface area contributed by atoms with E-state index < -0.39 is 0 Å². The van der Waals surface area contributed by atoms with Crippen LogP contribution in [0.25, 0.3) is 74.6 Å². The van der Waals surface area contributed by atoms with Crippen molar-refractivity contribution in [1.82, 2.24) is 4.98 Å². The molecule has 0 radical (unpaired) electrons. The van der Waals surface area contributed by atoms with Gasteiger partial charge in [-0.15, -0.1) is 11.3 Å². The van der Waals surface area contributed by atoms with Crippen molar-refractivity contribution >= 4 is 74.9 Å². The summed E-state index contributed by atoms with van der Waals surface area (Å²) in [7, 11) is 0. The van der Waals surface area contributed by atoms with Crippen LogP contribution >= 0.6 is 11.3 Å². The third-order valence-electron chi connectivity index (χ3n) is 7.19. The highest BCUT2D eigenvalue weighted by Gasteiger charge is 2.18. The van der Waals surface area contributed by atoms with Gasteiger partial charge < -0.3 is 4.98 Å². The van der Waals surface area contributed by atoms with Gasteiger partial charge in [-0.3, -0.25) is 0 Å². The maximum atomic E-state index is 3.74. The molecule has 8 rings (SSSR count). The molecule has 0 unspecified atom stereocenters. The van der Waals surface area contributed by atoms with Gasteiger partial charge in [-0.2, -0.15) is 0 Å². The standard InChI is InChI=1S/C32H19NS/c1-2-10-21-19(8-1)9-7-14-22(21)20-16-17-28-26(18-20)30-29-25-13-5-6-15-27(25)33-31(29)23-11-3-4-12-24(23)32(30)34-28/h1-18,33H. The summed E-state index contributed by atoms with van der Waals surface area (Å²) in [5.41, 5.74) is 4.99. The molecule has 1 N–H and O–H groups in total. The molecule has 34 heavy (non-hydrogen) atoms. The zero-order chi connectivity index (χ0) is 22.2. The van der Waals surface area contributed by atoms with Gasteiger partial charge in [0.2, 0.25) is 0 Å². The molecular formula is C32H19NS. The van der Waals surface area contributed by atoms with Gasteiger partial charge in [0.1, 0.15) is 0 Å². The van der Waals surface area contributed by atoms with Gasteiger partial charge in [0, 0.05) is 47.2 Å². The zero-order valence-electron chi connectivity index (χ0n) is 18.3. The number of rotatable bonds is 1. The van der Waals surface area contributed by atoms with Crippen LogP contribution in [0.4, 0.5) is 0 Å². The minimum atomic E-state index is 1.19. The number of nitrogens with one attached hydrogen (secondary N) is 1. The largest absolute Gasteiger partial charge is 0.354 e. The molecule has 0 saturated carbocycles. The van der Waals surface area contributed by atoms with E-state index in [0.717, 1.165) is 0 Å². The predicted molar refractivity (Wildman–Crippen MR) is 149 cm³/mol. The molecule has 0 saturated heterocycles. The quantitative estimate of drug-likeness (QED) is 0.257. The lowest BCUT2D eigenvalue weighted by Gasteiger charge is -2.08. The van der Waals surface area contributed by atoms with E-state index in [1.807, 2.05) is 11.3 Å². The number of hydrogen-bond acceptors (Lipinski definition) is 1. The lowest BCUT2D eigenvalue weighted by Crippen LogP contribution is -1.82. The fourth-order valence-electron chi connectivity index (χ4n) is 5.68. The van der Waals surface area contributed by atoms with E-state index in [2.05, 4.69) is 114 Å². The van der Waals surface area contributed by atoms with Crippen molar-refractivity contribution < 1.29 is 0 Å². The molecule has 0 spiro atoms. The highest BCUT2D eigenvalue weighted by atomic mass is 32.1. The van der Waals surface area contributed by atoms with Gasteiger partial charge in [0.25, 0.3) is 0 Å². The van der Waals surface area contributed by atoms with Crippen LogP contribution in [0, 0.1) is 0 Å². The fraction of sp³-hybridized carbons (Fsp3) is 0. The summed E-state index contributed by atoms with van der Waals surface area (Å²) in [4.78, 5) is 3.74. The second-order valence-corrected chi connectivity index (χ2v) is 10.1. The number of benzene rings is 6. The Morgan fingerprint density at radius 2 is 1.26 bits per heavy atom. The number of H-pyrrole nitrogens is 1. The molecule has 6 aromatic carbocycles. The number of thiophene rings is 1. The third kappa shape index (κ3) is 2.38. The topological polar surface area (TPSA) is 15.8 Å². The van der Waals surface area contributed by atoms with Gasteiger partial charge in [0.15, 0.2) is 0 Å². The Labute approximate surface area is 199 Å². The first-order chi connectivity index (χ1) is 16.9. The van der Waals surface area contributed by atoms with E-state index >= 15 is 0 Å². The summed E-state index contributed by atoms with van der Waals surface area (Å²) < 4.78 is 2.71.